The van der Waals surface area contributed by atoms with Crippen molar-refractivity contribution in [3.8, 4) is 0 Å². The molecule has 1 aromatic rings. The maximum Gasteiger partial charge on any atom is 0.0315 e. The van der Waals surface area contributed by atoms with E-state index < -0.39 is 0 Å². The molecule has 2 N–H and O–H groups in total. The molecule has 82 valence electrons. The van der Waals surface area contributed by atoms with Gasteiger partial charge in [0.15, 0.2) is 0 Å². The van der Waals surface area contributed by atoms with Crippen molar-refractivity contribution in [2.24, 2.45) is 5.73 Å². The molecule has 0 aliphatic carbocycles. The summed E-state index contributed by atoms with van der Waals surface area (Å²) in [6, 6.07) is 2.14. The third kappa shape index (κ3) is 2.36. The number of hydrogen-bond donors (Lipinski definition) is 1. The van der Waals surface area contributed by atoms with Crippen molar-refractivity contribution >= 4 is 0 Å². The van der Waals surface area contributed by atoms with Crippen molar-refractivity contribution in [1.29, 1.82) is 0 Å². The summed E-state index contributed by atoms with van der Waals surface area (Å²) < 4.78 is 0. The monoisotopic (exact) mass is 205 g/mol. The first kappa shape index (κ1) is 10.6. The summed E-state index contributed by atoms with van der Waals surface area (Å²) in [5.74, 6) is 0.683. The molecule has 0 radical (unpaired) electrons. The van der Waals surface area contributed by atoms with Gasteiger partial charge in [0.1, 0.15) is 0 Å². The molecule has 0 saturated carbocycles. The van der Waals surface area contributed by atoms with Gasteiger partial charge in [-0.05, 0) is 56.1 Å². The fourth-order valence-corrected chi connectivity index (χ4v) is 2.33. The lowest BCUT2D eigenvalue weighted by Gasteiger charge is -2.30. The lowest BCUT2D eigenvalue weighted by Crippen LogP contribution is -2.29. The van der Waals surface area contributed by atoms with Crippen molar-refractivity contribution in [2.75, 3.05) is 20.1 Å². The summed E-state index contributed by atoms with van der Waals surface area (Å²) in [6.07, 6.45) is 6.28. The van der Waals surface area contributed by atoms with Crippen LogP contribution in [0.5, 0.6) is 0 Å². The van der Waals surface area contributed by atoms with E-state index >= 15 is 0 Å². The molecular weight excluding hydrogens is 186 g/mol. The first-order valence-electron chi connectivity index (χ1n) is 5.62. The molecule has 0 atom stereocenters. The topological polar surface area (TPSA) is 42.2 Å². The van der Waals surface area contributed by atoms with Gasteiger partial charge < -0.3 is 10.6 Å². The fourth-order valence-electron chi connectivity index (χ4n) is 2.33. The highest BCUT2D eigenvalue weighted by atomic mass is 15.1. The first-order valence-corrected chi connectivity index (χ1v) is 5.62. The number of nitrogens with zero attached hydrogens (tertiary/aromatic N) is 2. The number of hydrogen-bond acceptors (Lipinski definition) is 3. The molecule has 0 amide bonds. The summed E-state index contributed by atoms with van der Waals surface area (Å²) in [6.45, 7) is 2.99. The van der Waals surface area contributed by atoms with Crippen LogP contribution in [0, 0.1) is 0 Å². The quantitative estimate of drug-likeness (QED) is 0.792. The third-order valence-electron chi connectivity index (χ3n) is 3.32. The molecule has 1 aliphatic rings. The predicted molar refractivity (Wildman–Crippen MR) is 61.6 cm³/mol. The van der Waals surface area contributed by atoms with Crippen LogP contribution in [-0.4, -0.2) is 30.0 Å². The lowest BCUT2D eigenvalue weighted by molar-refractivity contribution is 0.255. The van der Waals surface area contributed by atoms with E-state index in [0.717, 1.165) is 0 Å². The molecule has 1 aromatic heterocycles. The van der Waals surface area contributed by atoms with Crippen LogP contribution in [0.1, 0.15) is 29.9 Å². The van der Waals surface area contributed by atoms with Crippen LogP contribution < -0.4 is 5.73 Å². The number of nitrogens with two attached hydrogens (primary N) is 1. The Hall–Kier alpha value is -0.930. The SMILES string of the molecule is CN1CCC(c2ccncc2CN)CC1. The number of likely N-dealkylation sites (tertiary alicyclic amines) is 1. The van der Waals surface area contributed by atoms with Crippen LogP contribution in [0.2, 0.25) is 0 Å². The van der Waals surface area contributed by atoms with E-state index in [2.05, 4.69) is 23.0 Å². The maximum absolute atomic E-state index is 5.73. The van der Waals surface area contributed by atoms with Crippen LogP contribution in [0.3, 0.4) is 0 Å². The Morgan fingerprint density at radius 3 is 2.87 bits per heavy atom. The minimum Gasteiger partial charge on any atom is -0.326 e. The van der Waals surface area contributed by atoms with Crippen molar-refractivity contribution in [1.82, 2.24) is 9.88 Å². The zero-order valence-electron chi connectivity index (χ0n) is 9.32. The van der Waals surface area contributed by atoms with Gasteiger partial charge in [-0.15, -0.1) is 0 Å². The van der Waals surface area contributed by atoms with Gasteiger partial charge in [-0.2, -0.15) is 0 Å². The smallest absolute Gasteiger partial charge is 0.0315 e. The molecular formula is C12H19N3. The van der Waals surface area contributed by atoms with Gasteiger partial charge in [-0.25, -0.2) is 0 Å². The molecule has 15 heavy (non-hydrogen) atoms. The molecule has 0 aromatic carbocycles. The van der Waals surface area contributed by atoms with E-state index in [1.165, 1.54) is 37.1 Å². The summed E-state index contributed by atoms with van der Waals surface area (Å²) in [5.41, 5.74) is 8.37. The predicted octanol–water partition coefficient (Wildman–Crippen LogP) is 1.35. The Balaban J connectivity index is 2.15. The Morgan fingerprint density at radius 2 is 2.20 bits per heavy atom. The second-order valence-corrected chi connectivity index (χ2v) is 4.36. The van der Waals surface area contributed by atoms with Crippen molar-refractivity contribution < 1.29 is 0 Å². The van der Waals surface area contributed by atoms with Crippen LogP contribution in [0.25, 0.3) is 0 Å². The van der Waals surface area contributed by atoms with E-state index in [1.54, 1.807) is 0 Å². The second kappa shape index (κ2) is 4.73. The number of aromatic nitrogens is 1. The zero-order valence-corrected chi connectivity index (χ0v) is 9.32. The van der Waals surface area contributed by atoms with Gasteiger partial charge in [0.05, 0.1) is 0 Å². The van der Waals surface area contributed by atoms with Gasteiger partial charge >= 0.3 is 0 Å². The van der Waals surface area contributed by atoms with Crippen LogP contribution in [-0.2, 0) is 6.54 Å². The largest absolute Gasteiger partial charge is 0.326 e. The Bertz CT molecular complexity index is 316. The highest BCUT2D eigenvalue weighted by Gasteiger charge is 2.19. The summed E-state index contributed by atoms with van der Waals surface area (Å²) >= 11 is 0. The van der Waals surface area contributed by atoms with Crippen molar-refractivity contribution in [2.45, 2.75) is 25.3 Å². The van der Waals surface area contributed by atoms with Crippen LogP contribution in [0.4, 0.5) is 0 Å². The molecule has 0 unspecified atom stereocenters. The Morgan fingerprint density at radius 1 is 1.47 bits per heavy atom. The minimum absolute atomic E-state index is 0.607. The Kier molecular flexibility index (Phi) is 3.34. The highest BCUT2D eigenvalue weighted by molar-refractivity contribution is 5.27. The molecule has 0 spiro atoms. The van der Waals surface area contributed by atoms with Crippen molar-refractivity contribution in [3.05, 3.63) is 29.6 Å². The molecule has 2 heterocycles. The van der Waals surface area contributed by atoms with E-state index in [9.17, 15) is 0 Å². The second-order valence-electron chi connectivity index (χ2n) is 4.36. The van der Waals surface area contributed by atoms with Crippen molar-refractivity contribution in [3.63, 3.8) is 0 Å². The molecule has 1 saturated heterocycles. The first-order chi connectivity index (χ1) is 7.31. The summed E-state index contributed by atoms with van der Waals surface area (Å²) in [5, 5.41) is 0. The highest BCUT2D eigenvalue weighted by Crippen LogP contribution is 2.29. The van der Waals surface area contributed by atoms with E-state index in [-0.39, 0.29) is 0 Å². The van der Waals surface area contributed by atoms with Gasteiger partial charge in [-0.3, -0.25) is 4.98 Å². The van der Waals surface area contributed by atoms with E-state index in [1.807, 2.05) is 12.4 Å². The number of rotatable bonds is 2. The van der Waals surface area contributed by atoms with Crippen LogP contribution >= 0.6 is 0 Å². The molecule has 1 aliphatic heterocycles. The van der Waals surface area contributed by atoms with E-state index in [4.69, 9.17) is 5.73 Å². The molecule has 3 heteroatoms. The minimum atomic E-state index is 0.607. The number of pyridine rings is 1. The standard InChI is InChI=1S/C12H19N3/c1-15-6-3-10(4-7-15)12-2-5-14-9-11(12)8-13/h2,5,9-10H,3-4,6-8,13H2,1H3. The average molecular weight is 205 g/mol. The van der Waals surface area contributed by atoms with Gasteiger partial charge in [0.2, 0.25) is 0 Å². The maximum atomic E-state index is 5.73. The molecule has 3 nitrogen and oxygen atoms in total. The Labute approximate surface area is 91.3 Å². The third-order valence-corrected chi connectivity index (χ3v) is 3.32. The molecule has 2 rings (SSSR count). The normalized spacial score (nSPS) is 19.3. The van der Waals surface area contributed by atoms with Crippen LogP contribution in [0.15, 0.2) is 18.5 Å². The fraction of sp³-hybridized carbons (Fsp3) is 0.583. The molecule has 0 bridgehead atoms. The number of piperidine rings is 1. The summed E-state index contributed by atoms with van der Waals surface area (Å²) in [7, 11) is 2.19. The van der Waals surface area contributed by atoms with Gasteiger partial charge in [0.25, 0.3) is 0 Å². The zero-order chi connectivity index (χ0) is 10.7. The average Bonchev–Trinajstić information content (AvgIpc) is 2.30. The molecule has 1 fully saturated rings. The van der Waals surface area contributed by atoms with Gasteiger partial charge in [-0.1, -0.05) is 0 Å². The lowest BCUT2D eigenvalue weighted by atomic mass is 9.87. The van der Waals surface area contributed by atoms with Gasteiger partial charge in [0, 0.05) is 18.9 Å². The van der Waals surface area contributed by atoms with E-state index in [0.29, 0.717) is 12.5 Å². The summed E-state index contributed by atoms with van der Waals surface area (Å²) in [4.78, 5) is 6.52.